The maximum atomic E-state index is 12.4. The third kappa shape index (κ3) is 23.6. The Morgan fingerprint density at radius 3 is 1.43 bits per heavy atom. The van der Waals surface area contributed by atoms with Gasteiger partial charge in [0, 0.05) is 12.8 Å². The number of rotatable bonds is 28. The maximum Gasteiger partial charge on any atom is 1.00 e. The maximum absolute atomic E-state index is 12.4. The fraction of sp³-hybridized carbons (Fsp3) is 0.939. The summed E-state index contributed by atoms with van der Waals surface area (Å²) in [5, 5.41) is 30.8. The summed E-state index contributed by atoms with van der Waals surface area (Å²) in [6.07, 6.45) is 10.0. The van der Waals surface area contributed by atoms with Crippen molar-refractivity contribution in [1.29, 1.82) is 0 Å². The SMILES string of the molecule is CCCCCCCCCCCC(=O)OCC(COC(=O)CCCCCCCCCCC)O[C@@H]1O[C@H](CS(=O)(=O)[O-])[C@@H](O)[C@H](O)[C@H]1O.[Na+]. The van der Waals surface area contributed by atoms with Gasteiger partial charge < -0.3 is 38.8 Å². The zero-order chi connectivity index (χ0) is 34.2. The van der Waals surface area contributed by atoms with Crippen LogP contribution >= 0.6 is 0 Å². The van der Waals surface area contributed by atoms with E-state index in [0.29, 0.717) is 12.8 Å². The van der Waals surface area contributed by atoms with Gasteiger partial charge >= 0.3 is 41.5 Å². The van der Waals surface area contributed by atoms with E-state index in [2.05, 4.69) is 13.8 Å². The second kappa shape index (κ2) is 28.4. The van der Waals surface area contributed by atoms with Crippen LogP contribution in [0.1, 0.15) is 142 Å². The van der Waals surface area contributed by atoms with Crippen molar-refractivity contribution in [3.63, 3.8) is 0 Å². The summed E-state index contributed by atoms with van der Waals surface area (Å²) < 4.78 is 55.5. The monoisotopic (exact) mass is 704 g/mol. The van der Waals surface area contributed by atoms with Gasteiger partial charge in [0.05, 0.1) is 15.9 Å². The molecule has 5 atom stereocenters. The van der Waals surface area contributed by atoms with E-state index in [1.807, 2.05) is 0 Å². The van der Waals surface area contributed by atoms with Gasteiger partial charge in [-0.1, -0.05) is 117 Å². The molecule has 0 amide bonds. The average Bonchev–Trinajstić information content (AvgIpc) is 3.01. The van der Waals surface area contributed by atoms with Crippen LogP contribution in [0.25, 0.3) is 0 Å². The Labute approximate surface area is 305 Å². The van der Waals surface area contributed by atoms with Crippen LogP contribution in [0.2, 0.25) is 0 Å². The van der Waals surface area contributed by atoms with Crippen molar-refractivity contribution in [2.75, 3.05) is 19.0 Å². The summed E-state index contributed by atoms with van der Waals surface area (Å²) in [6.45, 7) is 3.64. The van der Waals surface area contributed by atoms with Crippen molar-refractivity contribution in [1.82, 2.24) is 0 Å². The predicted octanol–water partition coefficient (Wildman–Crippen LogP) is 1.66. The number of hydrogen-bond donors (Lipinski definition) is 3. The van der Waals surface area contributed by atoms with Gasteiger partial charge in [-0.2, -0.15) is 0 Å². The van der Waals surface area contributed by atoms with Crippen LogP contribution in [0.4, 0.5) is 0 Å². The van der Waals surface area contributed by atoms with Gasteiger partial charge in [0.15, 0.2) is 6.29 Å². The molecule has 1 heterocycles. The van der Waals surface area contributed by atoms with Crippen LogP contribution < -0.4 is 29.6 Å². The Bertz CT molecular complexity index is 868. The van der Waals surface area contributed by atoms with Gasteiger partial charge in [-0.25, -0.2) is 8.42 Å². The van der Waals surface area contributed by atoms with E-state index in [1.54, 1.807) is 0 Å². The van der Waals surface area contributed by atoms with Crippen molar-refractivity contribution in [3.05, 3.63) is 0 Å². The largest absolute Gasteiger partial charge is 1.00 e. The second-order valence-electron chi connectivity index (χ2n) is 12.5. The average molecular weight is 705 g/mol. The molecule has 0 radical (unpaired) electrons. The first-order valence-electron chi connectivity index (χ1n) is 17.6. The molecule has 0 saturated carbocycles. The van der Waals surface area contributed by atoms with Crippen LogP contribution in [-0.2, 0) is 38.7 Å². The van der Waals surface area contributed by atoms with Crippen LogP contribution in [0.15, 0.2) is 0 Å². The summed E-state index contributed by atoms with van der Waals surface area (Å²) >= 11 is 0. The van der Waals surface area contributed by atoms with Gasteiger partial charge in [0.2, 0.25) is 0 Å². The quantitative estimate of drug-likeness (QED) is 0.0463. The van der Waals surface area contributed by atoms with Crippen molar-refractivity contribution in [2.24, 2.45) is 0 Å². The number of aliphatic hydroxyl groups is 3. The van der Waals surface area contributed by atoms with Crippen molar-refractivity contribution >= 4 is 22.1 Å². The van der Waals surface area contributed by atoms with Crippen molar-refractivity contribution in [2.45, 2.75) is 179 Å². The van der Waals surface area contributed by atoms with Crippen molar-refractivity contribution < 1.29 is 86.4 Å². The minimum absolute atomic E-state index is 0. The van der Waals surface area contributed by atoms with E-state index in [4.69, 9.17) is 18.9 Å². The Morgan fingerprint density at radius 1 is 0.660 bits per heavy atom. The van der Waals surface area contributed by atoms with Gasteiger partial charge in [-0.3, -0.25) is 9.59 Å². The fourth-order valence-corrected chi connectivity index (χ4v) is 6.04. The van der Waals surface area contributed by atoms with Gasteiger partial charge in [0.25, 0.3) is 0 Å². The van der Waals surface area contributed by atoms with E-state index in [9.17, 15) is 37.9 Å². The number of esters is 2. The van der Waals surface area contributed by atoms with Gasteiger partial charge in [-0.05, 0) is 12.8 Å². The van der Waals surface area contributed by atoms with E-state index in [-0.39, 0.29) is 55.6 Å². The number of unbranched alkanes of at least 4 members (excludes halogenated alkanes) is 16. The molecule has 3 N–H and O–H groups in total. The molecule has 0 spiro atoms. The summed E-state index contributed by atoms with van der Waals surface area (Å²) in [4.78, 5) is 24.8. The van der Waals surface area contributed by atoms with Gasteiger partial charge in [-0.15, -0.1) is 0 Å². The summed E-state index contributed by atoms with van der Waals surface area (Å²) in [7, 11) is -4.86. The van der Waals surface area contributed by atoms with Crippen LogP contribution in [-0.4, -0.2) is 96.0 Å². The minimum Gasteiger partial charge on any atom is -0.748 e. The predicted molar refractivity (Wildman–Crippen MR) is 172 cm³/mol. The molecule has 14 heteroatoms. The van der Waals surface area contributed by atoms with Crippen LogP contribution in [0.5, 0.6) is 0 Å². The molecule has 47 heavy (non-hydrogen) atoms. The molecule has 272 valence electrons. The first kappa shape index (κ1) is 46.6. The smallest absolute Gasteiger partial charge is 0.748 e. The summed E-state index contributed by atoms with van der Waals surface area (Å²) in [6, 6.07) is 0. The van der Waals surface area contributed by atoms with E-state index < -0.39 is 64.6 Å². The minimum atomic E-state index is -4.86. The third-order valence-electron chi connectivity index (χ3n) is 8.19. The number of hydrogen-bond acceptors (Lipinski definition) is 12. The van der Waals surface area contributed by atoms with Crippen molar-refractivity contribution in [3.8, 4) is 0 Å². The Balaban J connectivity index is 0.0000212. The van der Waals surface area contributed by atoms with E-state index >= 15 is 0 Å². The molecule has 1 fully saturated rings. The molecule has 1 aliphatic rings. The normalized spacial score (nSPS) is 21.4. The topological polar surface area (TPSA) is 189 Å². The molecule has 1 aliphatic heterocycles. The fourth-order valence-electron chi connectivity index (χ4n) is 5.36. The molecule has 0 aromatic carbocycles. The molecule has 0 unspecified atom stereocenters. The zero-order valence-electron chi connectivity index (χ0n) is 29.2. The van der Waals surface area contributed by atoms with E-state index in [1.165, 1.54) is 64.2 Å². The van der Waals surface area contributed by atoms with Crippen LogP contribution in [0.3, 0.4) is 0 Å². The first-order chi connectivity index (χ1) is 22.0. The molecular formula is C33H61NaO12S. The first-order valence-corrected chi connectivity index (χ1v) is 19.2. The Kier molecular flexibility index (Phi) is 28.1. The second-order valence-corrected chi connectivity index (χ2v) is 14.0. The van der Waals surface area contributed by atoms with Gasteiger partial charge in [0.1, 0.15) is 43.7 Å². The molecule has 1 saturated heterocycles. The number of carbonyl (C=O) groups excluding carboxylic acids is 2. The third-order valence-corrected chi connectivity index (χ3v) is 8.93. The molecule has 0 aromatic heterocycles. The molecule has 0 aliphatic carbocycles. The molecule has 12 nitrogen and oxygen atoms in total. The number of ether oxygens (including phenoxy) is 4. The molecule has 1 rings (SSSR count). The Morgan fingerprint density at radius 2 is 1.04 bits per heavy atom. The van der Waals surface area contributed by atoms with E-state index in [0.717, 1.165) is 38.5 Å². The number of carbonyl (C=O) groups is 2. The van der Waals surface area contributed by atoms with Crippen LogP contribution in [0, 0.1) is 0 Å². The summed E-state index contributed by atoms with van der Waals surface area (Å²) in [5.41, 5.74) is 0. The standard InChI is InChI=1S/C33H62O12S.Na/c1-3-5-7-9-11-13-15-17-19-21-28(34)42-23-26(24-43-29(35)22-20-18-16-14-12-10-8-6-4-2)44-33-32(38)31(37)30(36)27(45-33)25-46(39,40)41;/h26-27,30-33,36-38H,3-25H2,1-2H3,(H,39,40,41);/q;+1/p-1/t27-,30-,31+,32-,33-;/m1./s1. The Hall–Kier alpha value is -0.350. The zero-order valence-corrected chi connectivity index (χ0v) is 32.0. The summed E-state index contributed by atoms with van der Waals surface area (Å²) in [5.74, 6) is -2.12. The molecule has 0 aromatic rings. The molecular weight excluding hydrogens is 643 g/mol. The molecule has 0 bridgehead atoms. The number of aliphatic hydroxyl groups excluding tert-OH is 3.